The minimum atomic E-state index is -0.866. The number of anilines is 1. The summed E-state index contributed by atoms with van der Waals surface area (Å²) in [5.41, 5.74) is 2.40. The number of hydrogen-bond acceptors (Lipinski definition) is 7. The number of benzene rings is 1. The molecule has 9 heteroatoms. The Morgan fingerprint density at radius 1 is 1.25 bits per heavy atom. The Bertz CT molecular complexity index is 1060. The van der Waals surface area contributed by atoms with Crippen LogP contribution in [0.3, 0.4) is 0 Å². The normalized spacial score (nSPS) is 21.5. The first-order valence-corrected chi connectivity index (χ1v) is 10.0. The third-order valence-corrected chi connectivity index (χ3v) is 6.35. The van der Waals surface area contributed by atoms with Gasteiger partial charge in [0.1, 0.15) is 10.5 Å². The lowest BCUT2D eigenvalue weighted by Crippen LogP contribution is -2.55. The number of nitrogens with zero attached hydrogens (tertiary/aromatic N) is 4. The number of aromatic nitrogens is 2. The van der Waals surface area contributed by atoms with Gasteiger partial charge in [0, 0.05) is 30.2 Å². The lowest BCUT2D eigenvalue weighted by Gasteiger charge is -2.38. The van der Waals surface area contributed by atoms with Gasteiger partial charge in [-0.25, -0.2) is 9.78 Å². The predicted octanol–water partition coefficient (Wildman–Crippen LogP) is 3.48. The van der Waals surface area contributed by atoms with Crippen molar-refractivity contribution in [1.82, 2.24) is 14.9 Å². The summed E-state index contributed by atoms with van der Waals surface area (Å²) in [5.74, 6) is -0.0775. The van der Waals surface area contributed by atoms with Crippen molar-refractivity contribution < 1.29 is 19.1 Å². The van der Waals surface area contributed by atoms with E-state index in [0.29, 0.717) is 35.8 Å². The molecule has 1 aromatic carbocycles. The number of Topliss-reactive ketones (excluding diaryl/α,β-unsaturated/α-hetero) is 1. The topological polar surface area (TPSA) is 99.8 Å². The number of thiazole rings is 1. The zero-order chi connectivity index (χ0) is 19.4. The molecule has 0 radical (unpaired) electrons. The van der Waals surface area contributed by atoms with Gasteiger partial charge >= 0.3 is 6.09 Å². The molecule has 144 valence electrons. The van der Waals surface area contributed by atoms with E-state index < -0.39 is 6.09 Å². The molecule has 3 aromatic rings. The fraction of sp³-hybridized carbons (Fsp3) is 0.368. The van der Waals surface area contributed by atoms with Crippen LogP contribution in [0.25, 0.3) is 21.7 Å². The number of rotatable bonds is 3. The molecule has 2 unspecified atom stereocenters. The summed E-state index contributed by atoms with van der Waals surface area (Å²) in [6.45, 7) is 2.59. The van der Waals surface area contributed by atoms with E-state index in [1.807, 2.05) is 16.3 Å². The average molecular weight is 398 g/mol. The number of piperazine rings is 1. The summed E-state index contributed by atoms with van der Waals surface area (Å²) < 4.78 is 6.14. The summed E-state index contributed by atoms with van der Waals surface area (Å²) in [6, 6.07) is 3.93. The van der Waals surface area contributed by atoms with Crippen LogP contribution < -0.4 is 4.90 Å². The van der Waals surface area contributed by atoms with E-state index in [1.54, 1.807) is 17.2 Å². The maximum absolute atomic E-state index is 12.1. The Morgan fingerprint density at radius 2 is 2.00 bits per heavy atom. The van der Waals surface area contributed by atoms with Crippen molar-refractivity contribution in [2.24, 2.45) is 0 Å². The van der Waals surface area contributed by atoms with Crippen molar-refractivity contribution in [3.05, 3.63) is 29.3 Å². The molecule has 2 bridgehead atoms. The lowest BCUT2D eigenvalue weighted by molar-refractivity contribution is 0.101. The standard InChI is InChI=1S/C19H18N4O4S/c1-10(24)13-4-5-14(17-20-6-7-28-17)16-15(13)21-18(27-16)22-8-11-2-3-12(9-22)23(11)19(25)26/h4-7,11-12H,2-3,8-9H2,1H3,(H,25,26). The predicted molar refractivity (Wildman–Crippen MR) is 104 cm³/mol. The second-order valence-corrected chi connectivity index (χ2v) is 8.10. The van der Waals surface area contributed by atoms with Crippen molar-refractivity contribution in [2.75, 3.05) is 18.0 Å². The van der Waals surface area contributed by atoms with Gasteiger partial charge in [0.2, 0.25) is 0 Å². The van der Waals surface area contributed by atoms with Crippen LogP contribution in [0.15, 0.2) is 28.1 Å². The fourth-order valence-corrected chi connectivity index (χ4v) is 4.97. The van der Waals surface area contributed by atoms with E-state index in [9.17, 15) is 14.7 Å². The van der Waals surface area contributed by atoms with Gasteiger partial charge in [-0.3, -0.25) is 9.69 Å². The maximum atomic E-state index is 12.1. The maximum Gasteiger partial charge on any atom is 0.407 e. The first-order valence-electron chi connectivity index (χ1n) is 9.13. The van der Waals surface area contributed by atoms with Crippen molar-refractivity contribution in [3.8, 4) is 10.6 Å². The van der Waals surface area contributed by atoms with Crippen molar-refractivity contribution in [2.45, 2.75) is 31.8 Å². The van der Waals surface area contributed by atoms with Gasteiger partial charge in [0.25, 0.3) is 6.01 Å². The third-order valence-electron chi connectivity index (χ3n) is 5.55. The molecule has 2 aliphatic rings. The number of hydrogen-bond donors (Lipinski definition) is 1. The highest BCUT2D eigenvalue weighted by Gasteiger charge is 2.43. The minimum absolute atomic E-state index is 0.0584. The zero-order valence-electron chi connectivity index (χ0n) is 15.2. The molecular weight excluding hydrogens is 380 g/mol. The van der Waals surface area contributed by atoms with Crippen molar-refractivity contribution >= 4 is 40.3 Å². The molecule has 1 N–H and O–H groups in total. The van der Waals surface area contributed by atoms with Gasteiger partial charge < -0.3 is 14.4 Å². The molecule has 2 aromatic heterocycles. The van der Waals surface area contributed by atoms with E-state index in [0.717, 1.165) is 23.4 Å². The second kappa shape index (κ2) is 6.30. The Labute approximate surface area is 164 Å². The number of ketones is 1. The van der Waals surface area contributed by atoms with Crippen LogP contribution in [0.5, 0.6) is 0 Å². The van der Waals surface area contributed by atoms with E-state index in [1.165, 1.54) is 18.3 Å². The van der Waals surface area contributed by atoms with Gasteiger partial charge in [-0.2, -0.15) is 4.98 Å². The number of carbonyl (C=O) groups excluding carboxylic acids is 1. The largest absolute Gasteiger partial charge is 0.465 e. The summed E-state index contributed by atoms with van der Waals surface area (Å²) in [7, 11) is 0. The molecule has 2 aliphatic heterocycles. The van der Waals surface area contributed by atoms with Crippen LogP contribution in [-0.2, 0) is 0 Å². The SMILES string of the molecule is CC(=O)c1ccc(-c2nccs2)c2oc(N3CC4CCC(C3)N4C(=O)O)nc12. The number of carboxylic acid groups (broad SMARTS) is 1. The molecule has 0 aliphatic carbocycles. The molecule has 2 saturated heterocycles. The Hall–Kier alpha value is -2.94. The minimum Gasteiger partial charge on any atom is -0.465 e. The molecule has 2 atom stereocenters. The van der Waals surface area contributed by atoms with Crippen LogP contribution in [0, 0.1) is 0 Å². The van der Waals surface area contributed by atoms with Crippen LogP contribution >= 0.6 is 11.3 Å². The molecule has 1 amide bonds. The van der Waals surface area contributed by atoms with Crippen molar-refractivity contribution in [1.29, 1.82) is 0 Å². The lowest BCUT2D eigenvalue weighted by atomic mass is 10.1. The highest BCUT2D eigenvalue weighted by Crippen LogP contribution is 2.37. The highest BCUT2D eigenvalue weighted by molar-refractivity contribution is 7.13. The summed E-state index contributed by atoms with van der Waals surface area (Å²) in [4.78, 5) is 36.2. The zero-order valence-corrected chi connectivity index (χ0v) is 16.0. The summed E-state index contributed by atoms with van der Waals surface area (Å²) >= 11 is 1.49. The second-order valence-electron chi connectivity index (χ2n) is 7.21. The molecule has 8 nitrogen and oxygen atoms in total. The summed E-state index contributed by atoms with van der Waals surface area (Å²) in [6.07, 6.45) is 2.55. The van der Waals surface area contributed by atoms with Gasteiger partial charge in [-0.1, -0.05) is 0 Å². The molecule has 4 heterocycles. The van der Waals surface area contributed by atoms with Gasteiger partial charge in [-0.05, 0) is 31.9 Å². The van der Waals surface area contributed by atoms with Crippen LogP contribution in [0.2, 0.25) is 0 Å². The number of carbonyl (C=O) groups is 2. The molecule has 2 fully saturated rings. The molecular formula is C19H18N4O4S. The number of fused-ring (bicyclic) bond motifs is 3. The van der Waals surface area contributed by atoms with Crippen LogP contribution in [-0.4, -0.2) is 57.0 Å². The Kier molecular flexibility index (Phi) is 3.87. The Morgan fingerprint density at radius 3 is 2.61 bits per heavy atom. The van der Waals surface area contributed by atoms with E-state index >= 15 is 0 Å². The smallest absolute Gasteiger partial charge is 0.407 e. The summed E-state index contributed by atoms with van der Waals surface area (Å²) in [5, 5.41) is 12.1. The third kappa shape index (κ3) is 2.57. The van der Waals surface area contributed by atoms with Crippen LogP contribution in [0.4, 0.5) is 10.8 Å². The van der Waals surface area contributed by atoms with Gasteiger partial charge in [0.05, 0.1) is 17.6 Å². The average Bonchev–Trinajstić information content (AvgIpc) is 3.38. The number of oxazole rings is 1. The van der Waals surface area contributed by atoms with E-state index in [-0.39, 0.29) is 17.9 Å². The van der Waals surface area contributed by atoms with Crippen molar-refractivity contribution in [3.63, 3.8) is 0 Å². The molecule has 0 saturated carbocycles. The highest BCUT2D eigenvalue weighted by atomic mass is 32.1. The van der Waals surface area contributed by atoms with Gasteiger partial charge in [0.15, 0.2) is 11.4 Å². The van der Waals surface area contributed by atoms with E-state index in [2.05, 4.69) is 9.97 Å². The quantitative estimate of drug-likeness (QED) is 0.674. The van der Waals surface area contributed by atoms with Gasteiger partial charge in [-0.15, -0.1) is 11.3 Å². The molecule has 5 rings (SSSR count). The monoisotopic (exact) mass is 398 g/mol. The molecule has 0 spiro atoms. The van der Waals surface area contributed by atoms with E-state index in [4.69, 9.17) is 4.42 Å². The molecule has 28 heavy (non-hydrogen) atoms. The first-order chi connectivity index (χ1) is 13.5. The van der Waals surface area contributed by atoms with Crippen LogP contribution in [0.1, 0.15) is 30.1 Å². The fourth-order valence-electron chi connectivity index (χ4n) is 4.31. The Balaban J connectivity index is 1.58. The number of amides is 1. The first kappa shape index (κ1) is 17.2.